The van der Waals surface area contributed by atoms with Crippen LogP contribution in [-0.2, 0) is 25.4 Å². The monoisotopic (exact) mass is 402 g/mol. The van der Waals surface area contributed by atoms with Crippen molar-refractivity contribution < 1.29 is 16.8 Å². The van der Waals surface area contributed by atoms with Crippen molar-refractivity contribution in [1.82, 2.24) is 4.90 Å². The summed E-state index contributed by atoms with van der Waals surface area (Å²) in [4.78, 5) is 2.52. The number of piperidine rings is 1. The number of nitrogens with zero attached hydrogens (tertiary/aromatic N) is 1. The molecule has 1 heterocycles. The molecule has 1 aliphatic rings. The van der Waals surface area contributed by atoms with E-state index in [0.717, 1.165) is 44.3 Å². The second-order valence-corrected chi connectivity index (χ2v) is 11.4. The van der Waals surface area contributed by atoms with Gasteiger partial charge in [-0.05, 0) is 62.9 Å². The van der Waals surface area contributed by atoms with Crippen LogP contribution in [0.15, 0.2) is 29.2 Å². The molecule has 1 saturated heterocycles. The minimum atomic E-state index is -3.70. The summed E-state index contributed by atoms with van der Waals surface area (Å²) in [7, 11) is -6.64. The largest absolute Gasteiger partial charge is 0.294 e. The number of hydrogen-bond donors (Lipinski definition) is 1. The molecule has 2 rings (SSSR count). The zero-order valence-electron chi connectivity index (χ0n) is 15.8. The normalized spacial score (nSPS) is 20.0. The molecule has 6 nitrogen and oxygen atoms in total. The summed E-state index contributed by atoms with van der Waals surface area (Å²) >= 11 is 0. The molecule has 0 bridgehead atoms. The van der Waals surface area contributed by atoms with Gasteiger partial charge in [-0.2, -0.15) is 0 Å². The van der Waals surface area contributed by atoms with E-state index < -0.39 is 19.9 Å². The van der Waals surface area contributed by atoms with E-state index in [9.17, 15) is 16.8 Å². The molecule has 148 valence electrons. The fourth-order valence-corrected chi connectivity index (χ4v) is 5.70. The van der Waals surface area contributed by atoms with Gasteiger partial charge >= 0.3 is 0 Å². The molecular weight excluding hydrogens is 372 g/mol. The van der Waals surface area contributed by atoms with E-state index in [1.807, 2.05) is 12.1 Å². The van der Waals surface area contributed by atoms with Gasteiger partial charge < -0.3 is 0 Å². The van der Waals surface area contributed by atoms with Gasteiger partial charge in [-0.1, -0.05) is 25.5 Å². The highest BCUT2D eigenvalue weighted by Crippen LogP contribution is 2.36. The van der Waals surface area contributed by atoms with Crippen LogP contribution < -0.4 is 5.14 Å². The number of sulfonamides is 1. The number of hydrogen-bond acceptors (Lipinski definition) is 5. The van der Waals surface area contributed by atoms with Crippen molar-refractivity contribution >= 4 is 19.9 Å². The van der Waals surface area contributed by atoms with Gasteiger partial charge in [-0.3, -0.25) is 4.90 Å². The maximum Gasteiger partial charge on any atom is 0.238 e. The average Bonchev–Trinajstić information content (AvgIpc) is 2.53. The zero-order chi connectivity index (χ0) is 19.6. The summed E-state index contributed by atoms with van der Waals surface area (Å²) in [6.07, 6.45) is 4.96. The Labute approximate surface area is 157 Å². The van der Waals surface area contributed by atoms with E-state index in [2.05, 4.69) is 18.7 Å². The quantitative estimate of drug-likeness (QED) is 0.753. The van der Waals surface area contributed by atoms with Gasteiger partial charge in [-0.25, -0.2) is 22.0 Å². The number of likely N-dealkylation sites (tertiary alicyclic amines) is 1. The van der Waals surface area contributed by atoms with Crippen molar-refractivity contribution in [3.05, 3.63) is 29.8 Å². The maximum absolute atomic E-state index is 11.5. The first-order valence-corrected chi connectivity index (χ1v) is 12.6. The maximum atomic E-state index is 11.5. The van der Waals surface area contributed by atoms with Gasteiger partial charge in [0.25, 0.3) is 0 Å². The van der Waals surface area contributed by atoms with Crippen LogP contribution in [0.4, 0.5) is 0 Å². The SMILES string of the molecule is CCC[C@](C)(c1ccc(S(N)(=O)=O)cc1)N1CCC(CS(C)(=O)=O)CC1. The van der Waals surface area contributed by atoms with Gasteiger partial charge in [0, 0.05) is 11.8 Å². The molecular formula is C18H30N2O4S2. The minimum absolute atomic E-state index is 0.118. The molecule has 1 aromatic carbocycles. The van der Waals surface area contributed by atoms with Gasteiger partial charge in [0.1, 0.15) is 9.84 Å². The molecule has 0 aliphatic carbocycles. The molecule has 1 aliphatic heterocycles. The Bertz CT molecular complexity index is 811. The van der Waals surface area contributed by atoms with Gasteiger partial charge in [0.15, 0.2) is 0 Å². The lowest BCUT2D eigenvalue weighted by molar-refractivity contribution is 0.0557. The Balaban J connectivity index is 2.19. The summed E-state index contributed by atoms with van der Waals surface area (Å²) in [5, 5.41) is 5.20. The molecule has 0 spiro atoms. The predicted molar refractivity (Wildman–Crippen MR) is 104 cm³/mol. The van der Waals surface area contributed by atoms with E-state index in [-0.39, 0.29) is 22.1 Å². The van der Waals surface area contributed by atoms with Gasteiger partial charge in [0.05, 0.1) is 10.6 Å². The lowest BCUT2D eigenvalue weighted by Gasteiger charge is -2.45. The van der Waals surface area contributed by atoms with E-state index >= 15 is 0 Å². The summed E-state index contributed by atoms with van der Waals surface area (Å²) in [5.74, 6) is 0.478. The minimum Gasteiger partial charge on any atom is -0.294 e. The first-order chi connectivity index (χ1) is 12.0. The van der Waals surface area contributed by atoms with Gasteiger partial charge in [-0.15, -0.1) is 0 Å². The van der Waals surface area contributed by atoms with Crippen LogP contribution >= 0.6 is 0 Å². The zero-order valence-corrected chi connectivity index (χ0v) is 17.4. The second-order valence-electron chi connectivity index (χ2n) is 7.62. The van der Waals surface area contributed by atoms with Crippen LogP contribution in [0.25, 0.3) is 0 Å². The van der Waals surface area contributed by atoms with Crippen LogP contribution in [0.3, 0.4) is 0 Å². The Hall–Kier alpha value is -0.960. The highest BCUT2D eigenvalue weighted by Gasteiger charge is 2.36. The van der Waals surface area contributed by atoms with Crippen molar-refractivity contribution in [1.29, 1.82) is 0 Å². The van der Waals surface area contributed by atoms with E-state index in [1.54, 1.807) is 12.1 Å². The number of nitrogens with two attached hydrogens (primary N) is 1. The predicted octanol–water partition coefficient (Wildman–Crippen LogP) is 2.11. The van der Waals surface area contributed by atoms with Crippen molar-refractivity contribution in [2.24, 2.45) is 11.1 Å². The molecule has 0 saturated carbocycles. The molecule has 1 aromatic rings. The average molecular weight is 403 g/mol. The molecule has 26 heavy (non-hydrogen) atoms. The fraction of sp³-hybridized carbons (Fsp3) is 0.667. The smallest absolute Gasteiger partial charge is 0.238 e. The molecule has 2 N–H and O–H groups in total. The van der Waals surface area contributed by atoms with Crippen LogP contribution in [-0.4, -0.2) is 46.8 Å². The molecule has 0 aromatic heterocycles. The van der Waals surface area contributed by atoms with Crippen molar-refractivity contribution in [3.63, 3.8) is 0 Å². The number of rotatable bonds is 7. The Morgan fingerprint density at radius 1 is 1.12 bits per heavy atom. The summed E-state index contributed by atoms with van der Waals surface area (Å²) < 4.78 is 46.1. The van der Waals surface area contributed by atoms with Crippen LogP contribution in [0.2, 0.25) is 0 Å². The number of sulfone groups is 1. The Kier molecular flexibility index (Phi) is 6.53. The van der Waals surface area contributed by atoms with E-state index in [4.69, 9.17) is 5.14 Å². The summed E-state index contributed by atoms with van der Waals surface area (Å²) in [6.45, 7) is 5.99. The summed E-state index contributed by atoms with van der Waals surface area (Å²) in [5.41, 5.74) is 0.857. The van der Waals surface area contributed by atoms with Crippen molar-refractivity contribution in [2.75, 3.05) is 25.1 Å². The topological polar surface area (TPSA) is 97.5 Å². The lowest BCUT2D eigenvalue weighted by Crippen LogP contribution is -2.48. The molecule has 1 atom stereocenters. The molecule has 0 radical (unpaired) electrons. The number of primary sulfonamides is 1. The number of benzene rings is 1. The molecule has 8 heteroatoms. The fourth-order valence-electron chi connectivity index (χ4n) is 4.00. The third-order valence-corrected chi connectivity index (χ3v) is 7.40. The summed E-state index contributed by atoms with van der Waals surface area (Å²) in [6, 6.07) is 6.82. The van der Waals surface area contributed by atoms with Crippen LogP contribution in [0.5, 0.6) is 0 Å². The Morgan fingerprint density at radius 2 is 1.65 bits per heavy atom. The van der Waals surface area contributed by atoms with Crippen molar-refractivity contribution in [2.45, 2.75) is 50.0 Å². The van der Waals surface area contributed by atoms with Crippen LogP contribution in [0.1, 0.15) is 45.1 Å². The molecule has 0 unspecified atom stereocenters. The first kappa shape index (κ1) is 21.3. The molecule has 0 amide bonds. The van der Waals surface area contributed by atoms with Crippen molar-refractivity contribution in [3.8, 4) is 0 Å². The first-order valence-electron chi connectivity index (χ1n) is 9.02. The third kappa shape index (κ3) is 5.28. The Morgan fingerprint density at radius 3 is 2.08 bits per heavy atom. The van der Waals surface area contributed by atoms with Gasteiger partial charge in [0.2, 0.25) is 10.0 Å². The standard InChI is InChI=1S/C18H30N2O4S2/c1-4-11-18(2,16-5-7-17(8-6-16)26(19,23)24)20-12-9-15(10-13-20)14-25(3,21)22/h5-8,15H,4,9-14H2,1-3H3,(H2,19,23,24)/t18-/m1/s1. The van der Waals surface area contributed by atoms with E-state index in [0.29, 0.717) is 0 Å². The molecule has 1 fully saturated rings. The third-order valence-electron chi connectivity index (χ3n) is 5.39. The second kappa shape index (κ2) is 7.96. The highest BCUT2D eigenvalue weighted by molar-refractivity contribution is 7.90. The van der Waals surface area contributed by atoms with Crippen LogP contribution in [0, 0.1) is 5.92 Å². The highest BCUT2D eigenvalue weighted by atomic mass is 32.2. The lowest BCUT2D eigenvalue weighted by atomic mass is 9.83. The van der Waals surface area contributed by atoms with E-state index in [1.165, 1.54) is 6.26 Å².